The number of imide groups is 1. The number of carbonyl (C=O) groups excluding carboxylic acids is 3. The highest BCUT2D eigenvalue weighted by Crippen LogP contribution is 2.36. The Morgan fingerprint density at radius 2 is 1.28 bits per heavy atom. The van der Waals surface area contributed by atoms with E-state index < -0.39 is 23.7 Å². The Hall–Kier alpha value is -6.22. The summed E-state index contributed by atoms with van der Waals surface area (Å²) in [4.78, 5) is 52.3. The molecule has 0 radical (unpaired) electrons. The second kappa shape index (κ2) is 12.3. The number of carboxylic acids is 1. The number of amides is 3. The van der Waals surface area contributed by atoms with E-state index in [-0.39, 0.29) is 39.0 Å². The molecule has 2 N–H and O–H groups in total. The van der Waals surface area contributed by atoms with Gasteiger partial charge in [0.15, 0.2) is 0 Å². The number of carbonyl (C=O) groups is 4. The summed E-state index contributed by atoms with van der Waals surface area (Å²) in [7, 11) is 1.64. The Balaban J connectivity index is 1.18. The number of nitrogens with one attached hydrogen (secondary N) is 1. The van der Waals surface area contributed by atoms with Crippen molar-refractivity contribution in [3.05, 3.63) is 149 Å². The third kappa shape index (κ3) is 5.94. The Labute approximate surface area is 271 Å². The molecule has 0 aromatic heterocycles. The summed E-state index contributed by atoms with van der Waals surface area (Å²) in [5.41, 5.74) is 2.74. The van der Waals surface area contributed by atoms with E-state index in [1.807, 2.05) is 48.5 Å². The number of hydrogen-bond donors (Lipinski definition) is 2. The Bertz CT molecular complexity index is 2030. The average Bonchev–Trinajstić information content (AvgIpc) is 3.33. The summed E-state index contributed by atoms with van der Waals surface area (Å²) in [6.07, 6.45) is 0. The summed E-state index contributed by atoms with van der Waals surface area (Å²) < 4.78 is 11.4. The van der Waals surface area contributed by atoms with Crippen molar-refractivity contribution in [3.8, 4) is 17.2 Å². The minimum Gasteiger partial charge on any atom is -0.497 e. The van der Waals surface area contributed by atoms with Crippen molar-refractivity contribution in [2.45, 2.75) is 19.3 Å². The van der Waals surface area contributed by atoms with Crippen LogP contribution < -0.4 is 19.7 Å². The highest BCUT2D eigenvalue weighted by molar-refractivity contribution is 6.34. The van der Waals surface area contributed by atoms with Gasteiger partial charge in [-0.25, -0.2) is 9.69 Å². The molecule has 1 heterocycles. The molecular formula is C38H30N2O7. The maximum atomic E-state index is 13.5. The smallest absolute Gasteiger partial charge is 0.336 e. The topological polar surface area (TPSA) is 122 Å². The van der Waals surface area contributed by atoms with Crippen LogP contribution in [0.5, 0.6) is 17.2 Å². The van der Waals surface area contributed by atoms with E-state index in [1.54, 1.807) is 49.6 Å². The number of carboxylic acid groups (broad SMARTS) is 1. The number of ether oxygens (including phenoxy) is 2. The molecule has 3 amide bonds. The molecule has 5 aromatic rings. The fraction of sp³-hybridized carbons (Fsp3) is 0.105. The van der Waals surface area contributed by atoms with E-state index >= 15 is 0 Å². The molecule has 6 rings (SSSR count). The zero-order valence-electron chi connectivity index (χ0n) is 25.8. The molecule has 0 fully saturated rings. The van der Waals surface area contributed by atoms with Crippen molar-refractivity contribution in [2.24, 2.45) is 0 Å². The van der Waals surface area contributed by atoms with Crippen LogP contribution in [0.25, 0.3) is 0 Å². The zero-order chi connectivity index (χ0) is 33.3. The van der Waals surface area contributed by atoms with Gasteiger partial charge in [-0.15, -0.1) is 0 Å². The van der Waals surface area contributed by atoms with Crippen molar-refractivity contribution in [2.75, 3.05) is 17.3 Å². The van der Waals surface area contributed by atoms with Gasteiger partial charge in [0, 0.05) is 11.1 Å². The Kier molecular flexibility index (Phi) is 8.05. The van der Waals surface area contributed by atoms with Gasteiger partial charge in [0.05, 0.1) is 35.1 Å². The number of rotatable bonds is 9. The quantitative estimate of drug-likeness (QED) is 0.162. The molecule has 0 saturated carbocycles. The van der Waals surface area contributed by atoms with Gasteiger partial charge >= 0.3 is 5.97 Å². The van der Waals surface area contributed by atoms with E-state index in [0.717, 1.165) is 21.8 Å². The molecule has 0 atom stereocenters. The number of anilines is 2. The number of benzene rings is 5. The Morgan fingerprint density at radius 3 is 1.91 bits per heavy atom. The molecule has 9 heteroatoms. The molecule has 47 heavy (non-hydrogen) atoms. The lowest BCUT2D eigenvalue weighted by molar-refractivity contribution is 0.0692. The summed E-state index contributed by atoms with van der Waals surface area (Å²) in [6.45, 7) is 4.28. The predicted molar refractivity (Wildman–Crippen MR) is 177 cm³/mol. The molecule has 0 aliphatic carbocycles. The van der Waals surface area contributed by atoms with Crippen LogP contribution in [0, 0.1) is 0 Å². The van der Waals surface area contributed by atoms with Gasteiger partial charge in [-0.05, 0) is 83.9 Å². The second-order valence-electron chi connectivity index (χ2n) is 11.5. The van der Waals surface area contributed by atoms with Gasteiger partial charge in [-0.3, -0.25) is 14.4 Å². The van der Waals surface area contributed by atoms with Crippen LogP contribution in [0.1, 0.15) is 66.4 Å². The molecule has 0 unspecified atom stereocenters. The molecule has 0 spiro atoms. The Morgan fingerprint density at radius 1 is 0.681 bits per heavy atom. The van der Waals surface area contributed by atoms with Crippen LogP contribution in [0.3, 0.4) is 0 Å². The molecule has 0 saturated heterocycles. The number of fused-ring (bicyclic) bond motifs is 1. The first-order valence-corrected chi connectivity index (χ1v) is 14.8. The van der Waals surface area contributed by atoms with E-state index in [2.05, 4.69) is 19.2 Å². The second-order valence-corrected chi connectivity index (χ2v) is 11.5. The summed E-state index contributed by atoms with van der Waals surface area (Å²) >= 11 is 0. The third-order valence-corrected chi connectivity index (χ3v) is 8.25. The minimum absolute atomic E-state index is 0.0192. The zero-order valence-corrected chi connectivity index (χ0v) is 25.8. The first-order chi connectivity index (χ1) is 22.6. The molecule has 9 nitrogen and oxygen atoms in total. The molecule has 1 aliphatic heterocycles. The lowest BCUT2D eigenvalue weighted by Gasteiger charge is -2.26. The van der Waals surface area contributed by atoms with E-state index in [0.29, 0.717) is 11.5 Å². The van der Waals surface area contributed by atoms with Gasteiger partial charge in [-0.1, -0.05) is 56.3 Å². The maximum Gasteiger partial charge on any atom is 0.336 e. The largest absolute Gasteiger partial charge is 0.497 e. The molecular weight excluding hydrogens is 596 g/mol. The van der Waals surface area contributed by atoms with Crippen molar-refractivity contribution < 1.29 is 33.8 Å². The predicted octanol–water partition coefficient (Wildman–Crippen LogP) is 7.56. The lowest BCUT2D eigenvalue weighted by atomic mass is 9.78. The third-order valence-electron chi connectivity index (χ3n) is 8.25. The van der Waals surface area contributed by atoms with Crippen molar-refractivity contribution in [1.82, 2.24) is 0 Å². The van der Waals surface area contributed by atoms with Crippen LogP contribution in [-0.2, 0) is 5.41 Å². The number of hydrogen-bond acceptors (Lipinski definition) is 6. The van der Waals surface area contributed by atoms with Gasteiger partial charge in [0.1, 0.15) is 17.2 Å². The number of aromatic carboxylic acids is 1. The molecule has 234 valence electrons. The standard InChI is InChI=1S/C38H30N2O7/c1-38(2,23-11-15-27(46-3)16-12-23)24-13-17-28(18-14-24)47-29-19-20-31-33(22-29)36(43)40(35(31)42)26-8-6-7-25(21-26)39-34(41)30-9-4-5-10-32(30)37(44)45/h4-22H,1-3H3,(H,39,41)(H,44,45). The van der Waals surface area contributed by atoms with Gasteiger partial charge in [-0.2, -0.15) is 0 Å². The first kappa shape index (κ1) is 30.8. The highest BCUT2D eigenvalue weighted by atomic mass is 16.5. The SMILES string of the molecule is COc1ccc(C(C)(C)c2ccc(Oc3ccc4c(c3)C(=O)N(c3cccc(NC(=O)c5ccccc5C(=O)O)c3)C4=O)cc2)cc1. The van der Waals surface area contributed by atoms with Crippen LogP contribution in [-0.4, -0.2) is 35.9 Å². The maximum absolute atomic E-state index is 13.5. The highest BCUT2D eigenvalue weighted by Gasteiger charge is 2.37. The van der Waals surface area contributed by atoms with Crippen LogP contribution in [0.4, 0.5) is 11.4 Å². The van der Waals surface area contributed by atoms with E-state index in [4.69, 9.17) is 9.47 Å². The van der Waals surface area contributed by atoms with Crippen molar-refractivity contribution >= 4 is 35.1 Å². The lowest BCUT2D eigenvalue weighted by Crippen LogP contribution is -2.29. The summed E-state index contributed by atoms with van der Waals surface area (Å²) in [5, 5.41) is 12.1. The van der Waals surface area contributed by atoms with Crippen molar-refractivity contribution in [1.29, 1.82) is 0 Å². The summed E-state index contributed by atoms with van der Waals surface area (Å²) in [5.74, 6) is -1.16. The van der Waals surface area contributed by atoms with E-state index in [1.165, 1.54) is 24.3 Å². The number of nitrogens with zero attached hydrogens (tertiary/aromatic N) is 1. The van der Waals surface area contributed by atoms with Crippen LogP contribution >= 0.6 is 0 Å². The first-order valence-electron chi connectivity index (χ1n) is 14.8. The normalized spacial score (nSPS) is 12.4. The monoisotopic (exact) mass is 626 g/mol. The van der Waals surface area contributed by atoms with E-state index in [9.17, 15) is 24.3 Å². The van der Waals surface area contributed by atoms with Gasteiger partial charge in [0.2, 0.25) is 0 Å². The summed E-state index contributed by atoms with van der Waals surface area (Å²) in [6, 6.07) is 32.5. The number of methoxy groups -OCH3 is 1. The molecule has 0 bridgehead atoms. The minimum atomic E-state index is -1.23. The van der Waals surface area contributed by atoms with Crippen LogP contribution in [0.15, 0.2) is 115 Å². The molecule has 1 aliphatic rings. The fourth-order valence-corrected chi connectivity index (χ4v) is 5.56. The fourth-order valence-electron chi connectivity index (χ4n) is 5.56. The van der Waals surface area contributed by atoms with Crippen LogP contribution in [0.2, 0.25) is 0 Å². The van der Waals surface area contributed by atoms with Crippen molar-refractivity contribution in [3.63, 3.8) is 0 Å². The average molecular weight is 627 g/mol. The van der Waals surface area contributed by atoms with Gasteiger partial charge < -0.3 is 19.9 Å². The molecule has 5 aromatic carbocycles. The van der Waals surface area contributed by atoms with Gasteiger partial charge in [0.25, 0.3) is 17.7 Å².